The molecule has 0 amide bonds. The summed E-state index contributed by atoms with van der Waals surface area (Å²) in [7, 11) is 0. The molecular formula is C30H64O3. The number of aliphatic hydroxyl groups excluding tert-OH is 2. The van der Waals surface area contributed by atoms with Crippen molar-refractivity contribution in [3.05, 3.63) is 0 Å². The molecule has 2 N–H and O–H groups in total. The molecule has 0 fully saturated rings. The predicted molar refractivity (Wildman–Crippen MR) is 148 cm³/mol. The Morgan fingerprint density at radius 3 is 1.30 bits per heavy atom. The second-order valence-corrected chi connectivity index (χ2v) is 9.73. The van der Waals surface area contributed by atoms with E-state index in [1.54, 1.807) is 6.92 Å². The van der Waals surface area contributed by atoms with Crippen LogP contribution in [0.4, 0.5) is 0 Å². The minimum Gasteiger partial charge on any atom is -0.393 e. The first-order valence-electron chi connectivity index (χ1n) is 14.8. The van der Waals surface area contributed by atoms with Gasteiger partial charge < -0.3 is 10.2 Å². The molecule has 0 aromatic heterocycles. The zero-order valence-electron chi connectivity index (χ0n) is 23.8. The summed E-state index contributed by atoms with van der Waals surface area (Å²) in [4.78, 5) is 10.7. The van der Waals surface area contributed by atoms with Crippen LogP contribution in [0.3, 0.4) is 0 Å². The van der Waals surface area contributed by atoms with E-state index in [-0.39, 0.29) is 12.2 Å². The van der Waals surface area contributed by atoms with Crippen molar-refractivity contribution in [3.8, 4) is 0 Å². The zero-order chi connectivity index (χ0) is 25.6. The number of carbonyl (C=O) groups is 1. The van der Waals surface area contributed by atoms with Gasteiger partial charge in [0.25, 0.3) is 0 Å². The number of ketones is 1. The van der Waals surface area contributed by atoms with E-state index in [1.165, 1.54) is 96.3 Å². The molecule has 3 nitrogen and oxygen atoms in total. The van der Waals surface area contributed by atoms with Gasteiger partial charge in [-0.2, -0.15) is 0 Å². The molecule has 0 saturated heterocycles. The Labute approximate surface area is 209 Å². The maximum Gasteiger partial charge on any atom is 0.132 e. The number of Topliss-reactive ketones (excluding diaryl/α,β-unsaturated/α-hetero) is 1. The average molecular weight is 473 g/mol. The van der Waals surface area contributed by atoms with Gasteiger partial charge in [0.15, 0.2) is 0 Å². The fourth-order valence-corrected chi connectivity index (χ4v) is 3.52. The van der Waals surface area contributed by atoms with Crippen molar-refractivity contribution < 1.29 is 15.0 Å². The fraction of sp³-hybridized carbons (Fsp3) is 0.967. The summed E-state index contributed by atoms with van der Waals surface area (Å²) in [5.41, 5.74) is 0. The lowest BCUT2D eigenvalue weighted by Gasteiger charge is -2.06. The smallest absolute Gasteiger partial charge is 0.132 e. The van der Waals surface area contributed by atoms with Crippen molar-refractivity contribution in [1.82, 2.24) is 0 Å². The van der Waals surface area contributed by atoms with Gasteiger partial charge >= 0.3 is 0 Å². The molecule has 0 radical (unpaired) electrons. The van der Waals surface area contributed by atoms with Crippen molar-refractivity contribution in [2.24, 2.45) is 0 Å². The van der Waals surface area contributed by atoms with Gasteiger partial charge in [-0.3, -0.25) is 4.79 Å². The van der Waals surface area contributed by atoms with Crippen LogP contribution >= 0.6 is 0 Å². The second kappa shape index (κ2) is 33.8. The van der Waals surface area contributed by atoms with Crippen molar-refractivity contribution in [2.45, 2.75) is 189 Å². The Morgan fingerprint density at radius 1 is 0.576 bits per heavy atom. The number of unbranched alkanes of at least 4 members (excludes halogenated alkanes) is 13. The van der Waals surface area contributed by atoms with Gasteiger partial charge in [0.05, 0.1) is 12.2 Å². The van der Waals surface area contributed by atoms with E-state index in [1.807, 2.05) is 6.92 Å². The molecule has 33 heavy (non-hydrogen) atoms. The third-order valence-electron chi connectivity index (χ3n) is 6.04. The van der Waals surface area contributed by atoms with Gasteiger partial charge in [-0.25, -0.2) is 0 Å². The number of carbonyl (C=O) groups excluding carboxylic acids is 1. The molecule has 0 aromatic carbocycles. The molecule has 0 aromatic rings. The quantitative estimate of drug-likeness (QED) is 0.163. The molecule has 0 heterocycles. The lowest BCUT2D eigenvalue weighted by Crippen LogP contribution is -2.03. The van der Waals surface area contributed by atoms with Crippen LogP contribution in [-0.4, -0.2) is 28.2 Å². The van der Waals surface area contributed by atoms with Gasteiger partial charge in [-0.05, 0) is 32.6 Å². The van der Waals surface area contributed by atoms with Gasteiger partial charge in [0, 0.05) is 12.8 Å². The molecule has 0 aliphatic heterocycles. The van der Waals surface area contributed by atoms with E-state index in [2.05, 4.69) is 27.7 Å². The summed E-state index contributed by atoms with van der Waals surface area (Å²) in [6.45, 7) is 12.4. The number of hydrogen-bond acceptors (Lipinski definition) is 3. The van der Waals surface area contributed by atoms with E-state index in [0.29, 0.717) is 18.6 Å². The molecule has 1 unspecified atom stereocenters. The van der Waals surface area contributed by atoms with Gasteiger partial charge in [0.1, 0.15) is 5.78 Å². The maximum absolute atomic E-state index is 10.7. The highest BCUT2D eigenvalue weighted by Gasteiger charge is 2.00. The Kier molecular flexibility index (Phi) is 38.0. The molecular weight excluding hydrogens is 408 g/mol. The Bertz CT molecular complexity index is 335. The minimum atomic E-state index is -0.260. The number of aliphatic hydroxyl groups is 2. The van der Waals surface area contributed by atoms with Crippen LogP contribution in [0.2, 0.25) is 0 Å². The van der Waals surface area contributed by atoms with Gasteiger partial charge in [0.2, 0.25) is 0 Å². The van der Waals surface area contributed by atoms with Crippen LogP contribution in [0.15, 0.2) is 0 Å². The molecule has 0 spiro atoms. The molecule has 0 rings (SSSR count). The first-order chi connectivity index (χ1) is 15.9. The lowest BCUT2D eigenvalue weighted by atomic mass is 10.0. The fourth-order valence-electron chi connectivity index (χ4n) is 3.52. The number of rotatable bonds is 21. The second-order valence-electron chi connectivity index (χ2n) is 9.73. The summed E-state index contributed by atoms with van der Waals surface area (Å²) in [5, 5.41) is 18.2. The summed E-state index contributed by atoms with van der Waals surface area (Å²) in [6, 6.07) is 0. The summed E-state index contributed by atoms with van der Waals surface area (Å²) >= 11 is 0. The Morgan fingerprint density at radius 2 is 0.970 bits per heavy atom. The topological polar surface area (TPSA) is 57.5 Å². The van der Waals surface area contributed by atoms with Crippen molar-refractivity contribution in [1.29, 1.82) is 0 Å². The third-order valence-corrected chi connectivity index (χ3v) is 6.04. The Hall–Kier alpha value is -0.410. The molecule has 202 valence electrons. The standard InChI is InChI=1S/C13H28O.C9H20.C8H16O2/c1-3-5-6-7-8-9-10-11-12-13(14)4-2;1-3-5-7-9-8-6-4-2;1-3-8(10)6-4-5-7(2)9/h13-14H,3-12H2,1-2H3;3-9H2,1-2H3;7,9H,3-6H2,1-2H3/t;;7-/m..0/s1. The molecule has 0 aliphatic rings. The average Bonchev–Trinajstić information content (AvgIpc) is 2.81. The molecule has 0 saturated carbocycles. The summed E-state index contributed by atoms with van der Waals surface area (Å²) in [6.07, 6.45) is 25.2. The Balaban J connectivity index is -0.000000423. The van der Waals surface area contributed by atoms with E-state index in [4.69, 9.17) is 5.11 Å². The zero-order valence-corrected chi connectivity index (χ0v) is 23.8. The van der Waals surface area contributed by atoms with Crippen molar-refractivity contribution in [3.63, 3.8) is 0 Å². The van der Waals surface area contributed by atoms with E-state index in [9.17, 15) is 9.90 Å². The highest BCUT2D eigenvalue weighted by atomic mass is 16.3. The van der Waals surface area contributed by atoms with E-state index < -0.39 is 0 Å². The third kappa shape index (κ3) is 42.2. The summed E-state index contributed by atoms with van der Waals surface area (Å²) < 4.78 is 0. The largest absolute Gasteiger partial charge is 0.393 e. The van der Waals surface area contributed by atoms with Crippen LogP contribution in [0.5, 0.6) is 0 Å². The normalized spacial score (nSPS) is 12.2. The van der Waals surface area contributed by atoms with Gasteiger partial charge in [-0.1, -0.05) is 131 Å². The van der Waals surface area contributed by atoms with Crippen LogP contribution in [0.1, 0.15) is 176 Å². The molecule has 2 atom stereocenters. The monoisotopic (exact) mass is 472 g/mol. The van der Waals surface area contributed by atoms with Crippen LogP contribution in [0.25, 0.3) is 0 Å². The maximum atomic E-state index is 10.7. The first-order valence-corrected chi connectivity index (χ1v) is 14.8. The summed E-state index contributed by atoms with van der Waals surface area (Å²) in [5.74, 6) is 0.292. The predicted octanol–water partition coefficient (Wildman–Crippen LogP) is 9.56. The van der Waals surface area contributed by atoms with Crippen molar-refractivity contribution >= 4 is 5.78 Å². The first kappa shape index (κ1) is 37.1. The molecule has 0 bridgehead atoms. The highest BCUT2D eigenvalue weighted by molar-refractivity contribution is 5.77. The molecule has 0 aliphatic carbocycles. The van der Waals surface area contributed by atoms with Crippen LogP contribution < -0.4 is 0 Å². The minimum absolute atomic E-state index is 0.0462. The van der Waals surface area contributed by atoms with Gasteiger partial charge in [-0.15, -0.1) is 0 Å². The van der Waals surface area contributed by atoms with E-state index in [0.717, 1.165) is 25.7 Å². The van der Waals surface area contributed by atoms with Crippen molar-refractivity contribution in [2.75, 3.05) is 0 Å². The number of hydrogen-bond donors (Lipinski definition) is 2. The van der Waals surface area contributed by atoms with Crippen LogP contribution in [-0.2, 0) is 4.79 Å². The highest BCUT2D eigenvalue weighted by Crippen LogP contribution is 2.11. The molecule has 3 heteroatoms. The van der Waals surface area contributed by atoms with E-state index >= 15 is 0 Å². The SMILES string of the molecule is CCC(=O)CCC[C@H](C)O.CCCCCCCCC.CCCCCCCCCCC(O)CC. The lowest BCUT2D eigenvalue weighted by molar-refractivity contribution is -0.118. The van der Waals surface area contributed by atoms with Crippen LogP contribution in [0, 0.1) is 0 Å².